The van der Waals surface area contributed by atoms with E-state index in [0.717, 1.165) is 11.3 Å². The van der Waals surface area contributed by atoms with Crippen LogP contribution in [0.15, 0.2) is 78.0 Å². The van der Waals surface area contributed by atoms with E-state index in [-0.39, 0.29) is 37.3 Å². The first-order valence-corrected chi connectivity index (χ1v) is 14.0. The predicted molar refractivity (Wildman–Crippen MR) is 157 cm³/mol. The molecule has 0 unspecified atom stereocenters. The number of aryl methyl sites for hydroxylation is 1. The average Bonchev–Trinajstić information content (AvgIpc) is 3.38. The summed E-state index contributed by atoms with van der Waals surface area (Å²) in [5, 5.41) is 15.2. The second-order valence-electron chi connectivity index (χ2n) is 8.73. The summed E-state index contributed by atoms with van der Waals surface area (Å²) < 4.78 is 12.3. The van der Waals surface area contributed by atoms with Crippen molar-refractivity contribution in [3.05, 3.63) is 94.8 Å². The van der Waals surface area contributed by atoms with Crippen LogP contribution >= 0.6 is 23.4 Å². The largest absolute Gasteiger partial charge is 0.484 e. The number of hydrogen-bond acceptors (Lipinski definition) is 8. The summed E-state index contributed by atoms with van der Waals surface area (Å²) in [5.74, 6) is 0.0724. The molecule has 0 fully saturated rings. The van der Waals surface area contributed by atoms with E-state index in [2.05, 4.69) is 20.8 Å². The molecule has 0 aliphatic carbocycles. The molecule has 0 atom stereocenters. The maximum atomic E-state index is 12.7. The second-order valence-corrected chi connectivity index (χ2v) is 10.1. The highest BCUT2D eigenvalue weighted by Crippen LogP contribution is 2.23. The number of anilines is 1. The number of ether oxygens (including phenoxy) is 2. The summed E-state index contributed by atoms with van der Waals surface area (Å²) >= 11 is 7.09. The van der Waals surface area contributed by atoms with Crippen molar-refractivity contribution >= 4 is 46.8 Å². The van der Waals surface area contributed by atoms with Gasteiger partial charge in [-0.3, -0.25) is 14.2 Å². The van der Waals surface area contributed by atoms with Gasteiger partial charge < -0.3 is 20.1 Å². The molecule has 41 heavy (non-hydrogen) atoms. The predicted octanol–water partition coefficient (Wildman–Crippen LogP) is 4.83. The molecule has 0 saturated heterocycles. The average molecular weight is 594 g/mol. The number of amides is 2. The van der Waals surface area contributed by atoms with Crippen LogP contribution in [0.1, 0.15) is 28.7 Å². The van der Waals surface area contributed by atoms with Gasteiger partial charge in [0.25, 0.3) is 5.91 Å². The Balaban J connectivity index is 1.39. The number of aromatic nitrogens is 3. The van der Waals surface area contributed by atoms with Crippen molar-refractivity contribution in [2.24, 2.45) is 0 Å². The second kappa shape index (κ2) is 14.3. The normalized spacial score (nSPS) is 10.6. The van der Waals surface area contributed by atoms with Crippen LogP contribution in [0.3, 0.4) is 0 Å². The summed E-state index contributed by atoms with van der Waals surface area (Å²) in [5.41, 5.74) is 2.78. The molecular formula is C29H28ClN5O5S. The van der Waals surface area contributed by atoms with Crippen LogP contribution in [-0.4, -0.2) is 51.5 Å². The standard InChI is InChI=1S/C29H28ClN5O5S/c1-3-39-28(38)20-7-11-22(12-8-20)32-27(37)18-41-29-34-33-25(35(29)23-6-4-5-19(2)15-23)16-31-26(36)17-40-24-13-9-21(30)10-14-24/h4-15H,3,16-18H2,1-2H3,(H,31,36)(H,32,37). The number of esters is 1. The lowest BCUT2D eigenvalue weighted by atomic mass is 10.2. The van der Waals surface area contributed by atoms with Gasteiger partial charge in [0.05, 0.1) is 24.5 Å². The highest BCUT2D eigenvalue weighted by atomic mass is 35.5. The lowest BCUT2D eigenvalue weighted by Gasteiger charge is -2.12. The van der Waals surface area contributed by atoms with Crippen LogP contribution in [-0.2, 0) is 20.9 Å². The van der Waals surface area contributed by atoms with Crippen LogP contribution in [0.5, 0.6) is 5.75 Å². The Morgan fingerprint density at radius 1 is 0.976 bits per heavy atom. The van der Waals surface area contributed by atoms with Crippen LogP contribution in [0.2, 0.25) is 5.02 Å². The number of nitrogens with zero attached hydrogens (tertiary/aromatic N) is 3. The number of carbonyl (C=O) groups excluding carboxylic acids is 3. The fourth-order valence-electron chi connectivity index (χ4n) is 3.67. The Morgan fingerprint density at radius 2 is 1.73 bits per heavy atom. The van der Waals surface area contributed by atoms with E-state index in [9.17, 15) is 14.4 Å². The van der Waals surface area contributed by atoms with Crippen molar-refractivity contribution in [3.8, 4) is 11.4 Å². The quantitative estimate of drug-likeness (QED) is 0.177. The van der Waals surface area contributed by atoms with E-state index in [1.807, 2.05) is 31.2 Å². The van der Waals surface area contributed by atoms with Crippen molar-refractivity contribution in [1.29, 1.82) is 0 Å². The third-order valence-corrected chi connectivity index (χ3v) is 6.78. The zero-order valence-corrected chi connectivity index (χ0v) is 24.0. The van der Waals surface area contributed by atoms with Crippen molar-refractivity contribution < 1.29 is 23.9 Å². The molecule has 12 heteroatoms. The molecule has 212 valence electrons. The van der Waals surface area contributed by atoms with Crippen molar-refractivity contribution in [2.45, 2.75) is 25.5 Å². The molecule has 1 aromatic heterocycles. The third-order valence-electron chi connectivity index (χ3n) is 5.60. The smallest absolute Gasteiger partial charge is 0.338 e. The molecule has 10 nitrogen and oxygen atoms in total. The zero-order valence-electron chi connectivity index (χ0n) is 22.4. The number of benzene rings is 3. The van der Waals surface area contributed by atoms with Gasteiger partial charge in [-0.05, 0) is 80.1 Å². The first kappa shape index (κ1) is 29.6. The molecule has 0 bridgehead atoms. The van der Waals surface area contributed by atoms with Gasteiger partial charge in [-0.25, -0.2) is 4.79 Å². The molecule has 1 heterocycles. The lowest BCUT2D eigenvalue weighted by molar-refractivity contribution is -0.123. The fraction of sp³-hybridized carbons (Fsp3) is 0.207. The van der Waals surface area contributed by atoms with Gasteiger partial charge in [0.1, 0.15) is 5.75 Å². The van der Waals surface area contributed by atoms with E-state index in [1.54, 1.807) is 60.0 Å². The van der Waals surface area contributed by atoms with Gasteiger partial charge in [-0.2, -0.15) is 0 Å². The van der Waals surface area contributed by atoms with Gasteiger partial charge in [0.15, 0.2) is 17.6 Å². The Labute approximate surface area is 246 Å². The number of rotatable bonds is 12. The third kappa shape index (κ3) is 8.57. The van der Waals surface area contributed by atoms with Crippen LogP contribution < -0.4 is 15.4 Å². The van der Waals surface area contributed by atoms with E-state index in [0.29, 0.717) is 33.0 Å². The summed E-state index contributed by atoms with van der Waals surface area (Å²) in [6, 6.07) is 20.9. The molecule has 3 aromatic carbocycles. The number of halogens is 1. The summed E-state index contributed by atoms with van der Waals surface area (Å²) in [6.07, 6.45) is 0. The minimum absolute atomic E-state index is 0.0604. The van der Waals surface area contributed by atoms with Crippen LogP contribution in [0, 0.1) is 6.92 Å². The van der Waals surface area contributed by atoms with Crippen LogP contribution in [0.4, 0.5) is 5.69 Å². The first-order chi connectivity index (χ1) is 19.8. The highest BCUT2D eigenvalue weighted by Gasteiger charge is 2.17. The van der Waals surface area contributed by atoms with Crippen molar-refractivity contribution in [3.63, 3.8) is 0 Å². The minimum atomic E-state index is -0.419. The lowest BCUT2D eigenvalue weighted by Crippen LogP contribution is -2.29. The number of hydrogen-bond donors (Lipinski definition) is 2. The molecule has 2 amide bonds. The maximum Gasteiger partial charge on any atom is 0.338 e. The summed E-state index contributed by atoms with van der Waals surface area (Å²) in [4.78, 5) is 37.0. The maximum absolute atomic E-state index is 12.7. The van der Waals surface area contributed by atoms with E-state index >= 15 is 0 Å². The number of thioether (sulfide) groups is 1. The highest BCUT2D eigenvalue weighted by molar-refractivity contribution is 7.99. The molecule has 0 saturated carbocycles. The summed E-state index contributed by atoms with van der Waals surface area (Å²) in [7, 11) is 0. The van der Waals surface area contributed by atoms with Gasteiger partial charge >= 0.3 is 5.97 Å². The van der Waals surface area contributed by atoms with Crippen molar-refractivity contribution in [2.75, 3.05) is 24.3 Å². The molecule has 0 aliphatic heterocycles. The topological polar surface area (TPSA) is 124 Å². The zero-order chi connectivity index (χ0) is 29.2. The molecule has 0 spiro atoms. The van der Waals surface area contributed by atoms with Crippen molar-refractivity contribution in [1.82, 2.24) is 20.1 Å². The van der Waals surface area contributed by atoms with Crippen LogP contribution in [0.25, 0.3) is 5.69 Å². The van der Waals surface area contributed by atoms with E-state index in [4.69, 9.17) is 21.1 Å². The van der Waals surface area contributed by atoms with E-state index < -0.39 is 5.97 Å². The molecule has 0 radical (unpaired) electrons. The molecular weight excluding hydrogens is 566 g/mol. The SMILES string of the molecule is CCOC(=O)c1ccc(NC(=O)CSc2nnc(CNC(=O)COc3ccc(Cl)cc3)n2-c2cccc(C)c2)cc1. The van der Waals surface area contributed by atoms with Gasteiger partial charge in [-0.1, -0.05) is 35.5 Å². The first-order valence-electron chi connectivity index (χ1n) is 12.7. The number of nitrogens with one attached hydrogen (secondary N) is 2. The Bertz CT molecular complexity index is 1510. The molecule has 4 aromatic rings. The summed E-state index contributed by atoms with van der Waals surface area (Å²) in [6.45, 7) is 3.92. The van der Waals surface area contributed by atoms with Gasteiger partial charge in [0, 0.05) is 16.4 Å². The monoisotopic (exact) mass is 593 g/mol. The van der Waals surface area contributed by atoms with Gasteiger partial charge in [-0.15, -0.1) is 10.2 Å². The Kier molecular flexibility index (Phi) is 10.4. The van der Waals surface area contributed by atoms with E-state index in [1.165, 1.54) is 11.8 Å². The Hall–Kier alpha value is -4.35. The van der Waals surface area contributed by atoms with Gasteiger partial charge in [0.2, 0.25) is 5.91 Å². The minimum Gasteiger partial charge on any atom is -0.484 e. The molecule has 0 aliphatic rings. The fourth-order valence-corrected chi connectivity index (χ4v) is 4.57. The number of carbonyl (C=O) groups is 3. The Morgan fingerprint density at radius 3 is 2.44 bits per heavy atom. The molecule has 4 rings (SSSR count). The molecule has 2 N–H and O–H groups in total.